The average Bonchev–Trinajstić information content (AvgIpc) is 2.97. The summed E-state index contributed by atoms with van der Waals surface area (Å²) in [5.41, 5.74) is 0.501. The first-order valence-electron chi connectivity index (χ1n) is 7.41. The van der Waals surface area contributed by atoms with Crippen molar-refractivity contribution in [3.05, 3.63) is 23.2 Å². The number of methoxy groups -OCH3 is 1. The van der Waals surface area contributed by atoms with E-state index in [0.29, 0.717) is 16.5 Å². The largest absolute Gasteiger partial charge is 0.495 e. The van der Waals surface area contributed by atoms with Gasteiger partial charge in [0.15, 0.2) is 0 Å². The van der Waals surface area contributed by atoms with Crippen LogP contribution < -0.4 is 10.1 Å². The van der Waals surface area contributed by atoms with Gasteiger partial charge in [-0.25, -0.2) is 8.42 Å². The van der Waals surface area contributed by atoms with Crippen LogP contribution in [0.1, 0.15) is 25.7 Å². The number of nitrogens with one attached hydrogen (secondary N) is 1. The fourth-order valence-corrected chi connectivity index (χ4v) is 4.16. The van der Waals surface area contributed by atoms with Crippen LogP contribution in [0.4, 0.5) is 5.69 Å². The number of anilines is 1. The van der Waals surface area contributed by atoms with Gasteiger partial charge in [0, 0.05) is 11.7 Å². The molecule has 1 fully saturated rings. The lowest BCUT2D eigenvalue weighted by Crippen LogP contribution is -2.43. The van der Waals surface area contributed by atoms with E-state index in [1.807, 2.05) is 0 Å². The smallest absolute Gasteiger partial charge is 0.239 e. The van der Waals surface area contributed by atoms with Gasteiger partial charge in [0.2, 0.25) is 15.9 Å². The van der Waals surface area contributed by atoms with Gasteiger partial charge in [-0.1, -0.05) is 24.4 Å². The summed E-state index contributed by atoms with van der Waals surface area (Å²) in [5, 5.41) is 3.05. The lowest BCUT2D eigenvalue weighted by atomic mass is 10.2. The number of rotatable bonds is 6. The van der Waals surface area contributed by atoms with Crippen molar-refractivity contribution in [3.8, 4) is 5.75 Å². The van der Waals surface area contributed by atoms with Gasteiger partial charge in [-0.2, -0.15) is 4.31 Å². The van der Waals surface area contributed by atoms with Gasteiger partial charge in [-0.05, 0) is 31.0 Å². The highest BCUT2D eigenvalue weighted by Gasteiger charge is 2.30. The number of hydrogen-bond acceptors (Lipinski definition) is 4. The van der Waals surface area contributed by atoms with E-state index < -0.39 is 10.0 Å². The summed E-state index contributed by atoms with van der Waals surface area (Å²) in [6.07, 6.45) is 4.73. The van der Waals surface area contributed by atoms with E-state index in [9.17, 15) is 13.2 Å². The molecule has 6 nitrogen and oxygen atoms in total. The molecule has 0 saturated heterocycles. The molecule has 1 saturated carbocycles. The Bertz CT molecular complexity index is 672. The molecule has 0 atom stereocenters. The molecule has 0 bridgehead atoms. The van der Waals surface area contributed by atoms with Crippen LogP contribution in [0, 0.1) is 0 Å². The molecule has 0 unspecified atom stereocenters. The number of ether oxygens (including phenoxy) is 1. The standard InChI is InChI=1S/C15H21ClN2O4S/c1-22-14-8-7-11(9-13(14)16)17-15(19)10-18(23(2,20)21)12-5-3-4-6-12/h7-9,12H,3-6,10H2,1-2H3,(H,17,19). The Morgan fingerprint density at radius 3 is 2.57 bits per heavy atom. The van der Waals surface area contributed by atoms with E-state index in [1.165, 1.54) is 11.4 Å². The molecule has 128 valence electrons. The topological polar surface area (TPSA) is 75.7 Å². The lowest BCUT2D eigenvalue weighted by Gasteiger charge is -2.25. The zero-order valence-corrected chi connectivity index (χ0v) is 14.8. The molecule has 0 radical (unpaired) electrons. The Morgan fingerprint density at radius 1 is 1.39 bits per heavy atom. The molecule has 1 amide bonds. The van der Waals surface area contributed by atoms with Gasteiger partial charge in [0.1, 0.15) is 5.75 Å². The first-order chi connectivity index (χ1) is 10.8. The van der Waals surface area contributed by atoms with Crippen LogP contribution in [-0.4, -0.2) is 44.6 Å². The van der Waals surface area contributed by atoms with Gasteiger partial charge in [0.05, 0.1) is 24.9 Å². The van der Waals surface area contributed by atoms with Crippen molar-refractivity contribution in [3.63, 3.8) is 0 Å². The third-order valence-corrected chi connectivity index (χ3v) is 5.47. The normalized spacial score (nSPS) is 15.8. The van der Waals surface area contributed by atoms with Gasteiger partial charge >= 0.3 is 0 Å². The first kappa shape index (κ1) is 18.0. The number of nitrogens with zero attached hydrogens (tertiary/aromatic N) is 1. The second-order valence-electron chi connectivity index (χ2n) is 5.64. The number of halogens is 1. The zero-order chi connectivity index (χ0) is 17.0. The lowest BCUT2D eigenvalue weighted by molar-refractivity contribution is -0.116. The number of benzene rings is 1. The number of carbonyl (C=O) groups excluding carboxylic acids is 1. The third kappa shape index (κ3) is 4.83. The van der Waals surface area contributed by atoms with E-state index in [0.717, 1.165) is 31.9 Å². The zero-order valence-electron chi connectivity index (χ0n) is 13.2. The maximum atomic E-state index is 12.2. The number of sulfonamides is 1. The minimum Gasteiger partial charge on any atom is -0.495 e. The van der Waals surface area contributed by atoms with Crippen LogP contribution in [0.2, 0.25) is 5.02 Å². The fraction of sp³-hybridized carbons (Fsp3) is 0.533. The molecule has 1 N–H and O–H groups in total. The highest BCUT2D eigenvalue weighted by molar-refractivity contribution is 7.88. The van der Waals surface area contributed by atoms with E-state index in [2.05, 4.69) is 5.32 Å². The van der Waals surface area contributed by atoms with Crippen LogP contribution in [0.5, 0.6) is 5.75 Å². The summed E-state index contributed by atoms with van der Waals surface area (Å²) in [6.45, 7) is -0.187. The van der Waals surface area contributed by atoms with Crippen molar-refractivity contribution in [1.29, 1.82) is 0 Å². The predicted octanol–water partition coefficient (Wildman–Crippen LogP) is 2.49. The molecule has 1 aliphatic carbocycles. The van der Waals surface area contributed by atoms with E-state index in [1.54, 1.807) is 18.2 Å². The van der Waals surface area contributed by atoms with E-state index in [4.69, 9.17) is 16.3 Å². The fourth-order valence-electron chi connectivity index (χ4n) is 2.80. The molecule has 0 spiro atoms. The number of amides is 1. The molecule has 0 aliphatic heterocycles. The van der Waals surface area contributed by atoms with E-state index >= 15 is 0 Å². The van der Waals surface area contributed by atoms with Crippen molar-refractivity contribution in [2.75, 3.05) is 25.2 Å². The van der Waals surface area contributed by atoms with Crippen molar-refractivity contribution in [1.82, 2.24) is 4.31 Å². The van der Waals surface area contributed by atoms with Crippen molar-refractivity contribution in [2.45, 2.75) is 31.7 Å². The summed E-state index contributed by atoms with van der Waals surface area (Å²) in [6, 6.07) is 4.78. The Kier molecular flexibility index (Phi) is 5.89. The molecular formula is C15H21ClN2O4S. The van der Waals surface area contributed by atoms with Crippen LogP contribution in [0.15, 0.2) is 18.2 Å². The quantitative estimate of drug-likeness (QED) is 0.845. The number of hydrogen-bond donors (Lipinski definition) is 1. The highest BCUT2D eigenvalue weighted by atomic mass is 35.5. The Hall–Kier alpha value is -1.31. The maximum absolute atomic E-state index is 12.2. The molecule has 1 aliphatic rings. The van der Waals surface area contributed by atoms with Crippen molar-refractivity contribution in [2.24, 2.45) is 0 Å². The molecule has 0 aromatic heterocycles. The van der Waals surface area contributed by atoms with Crippen LogP contribution in [0.25, 0.3) is 0 Å². The Morgan fingerprint density at radius 2 is 2.04 bits per heavy atom. The molecule has 1 aromatic carbocycles. The summed E-state index contributed by atoms with van der Waals surface area (Å²) >= 11 is 6.01. The van der Waals surface area contributed by atoms with Gasteiger partial charge in [0.25, 0.3) is 0 Å². The van der Waals surface area contributed by atoms with Crippen LogP contribution in [0.3, 0.4) is 0 Å². The Labute approximate surface area is 141 Å². The Balaban J connectivity index is 2.05. The molecule has 1 aromatic rings. The maximum Gasteiger partial charge on any atom is 0.239 e. The third-order valence-electron chi connectivity index (χ3n) is 3.89. The van der Waals surface area contributed by atoms with Gasteiger partial charge in [-0.15, -0.1) is 0 Å². The second-order valence-corrected chi connectivity index (χ2v) is 7.99. The average molecular weight is 361 g/mol. The summed E-state index contributed by atoms with van der Waals surface area (Å²) in [4.78, 5) is 12.2. The van der Waals surface area contributed by atoms with Crippen molar-refractivity contribution >= 4 is 33.2 Å². The monoisotopic (exact) mass is 360 g/mol. The molecule has 2 rings (SSSR count). The second kappa shape index (κ2) is 7.51. The molecule has 23 heavy (non-hydrogen) atoms. The van der Waals surface area contributed by atoms with E-state index in [-0.39, 0.29) is 18.5 Å². The summed E-state index contributed by atoms with van der Waals surface area (Å²) in [7, 11) is -1.92. The van der Waals surface area contributed by atoms with Gasteiger partial charge < -0.3 is 10.1 Å². The minimum absolute atomic E-state index is 0.0878. The molecular weight excluding hydrogens is 340 g/mol. The molecule has 8 heteroatoms. The summed E-state index contributed by atoms with van der Waals surface area (Å²) < 4.78 is 30.2. The predicted molar refractivity (Wildman–Crippen MR) is 90.4 cm³/mol. The minimum atomic E-state index is -3.43. The first-order valence-corrected chi connectivity index (χ1v) is 9.64. The summed E-state index contributed by atoms with van der Waals surface area (Å²) in [5.74, 6) is 0.122. The molecule has 0 heterocycles. The number of carbonyl (C=O) groups is 1. The van der Waals surface area contributed by atoms with Crippen LogP contribution in [-0.2, 0) is 14.8 Å². The van der Waals surface area contributed by atoms with Gasteiger partial charge in [-0.3, -0.25) is 4.79 Å². The SMILES string of the molecule is COc1ccc(NC(=O)CN(C2CCCC2)S(C)(=O)=O)cc1Cl. The van der Waals surface area contributed by atoms with Crippen molar-refractivity contribution < 1.29 is 17.9 Å². The van der Waals surface area contributed by atoms with Crippen LogP contribution >= 0.6 is 11.6 Å². The highest BCUT2D eigenvalue weighted by Crippen LogP contribution is 2.28.